The first-order chi connectivity index (χ1) is 12.3. The topological polar surface area (TPSA) is 15.7 Å². The van der Waals surface area contributed by atoms with Gasteiger partial charge in [0.2, 0.25) is 0 Å². The van der Waals surface area contributed by atoms with Crippen molar-refractivity contribution in [3.05, 3.63) is 48.0 Å². The molecule has 0 unspecified atom stereocenters. The van der Waals surface area contributed by atoms with Crippen LogP contribution in [-0.2, 0) is 6.42 Å². The van der Waals surface area contributed by atoms with E-state index in [0.717, 1.165) is 55.2 Å². The third-order valence-electron chi connectivity index (χ3n) is 4.99. The maximum absolute atomic E-state index is 13.1. The zero-order chi connectivity index (χ0) is 17.6. The highest BCUT2D eigenvalue weighted by atomic mass is 19.1. The van der Waals surface area contributed by atoms with Gasteiger partial charge in [-0.05, 0) is 29.8 Å². The summed E-state index contributed by atoms with van der Waals surface area (Å²) < 4.78 is 18.8. The Kier molecular flexibility index (Phi) is 5.92. The second-order valence-corrected chi connectivity index (χ2v) is 6.41. The molecule has 1 fully saturated rings. The summed E-state index contributed by atoms with van der Waals surface area (Å²) in [5.74, 6) is 0.791. The number of alkyl halides is 1. The molecule has 1 heterocycles. The standard InChI is InChI=1S/C21H27FN2O/c1-3-23-11-13-24(14-12-23)19-15-18(9-10-22)21(25-2)20(16-19)17-7-5-4-6-8-17/h4-8,15-16H,3,9-14H2,1-2H3. The maximum atomic E-state index is 13.1. The van der Waals surface area contributed by atoms with Crippen LogP contribution in [0.2, 0.25) is 0 Å². The van der Waals surface area contributed by atoms with Crippen LogP contribution in [0.3, 0.4) is 0 Å². The van der Waals surface area contributed by atoms with Gasteiger partial charge in [-0.2, -0.15) is 0 Å². The van der Waals surface area contributed by atoms with Crippen LogP contribution in [0.1, 0.15) is 12.5 Å². The Morgan fingerprint density at radius 3 is 2.36 bits per heavy atom. The van der Waals surface area contributed by atoms with Crippen LogP contribution in [0.15, 0.2) is 42.5 Å². The van der Waals surface area contributed by atoms with Crippen LogP contribution in [0.4, 0.5) is 10.1 Å². The molecule has 0 aliphatic carbocycles. The van der Waals surface area contributed by atoms with E-state index in [9.17, 15) is 4.39 Å². The molecular weight excluding hydrogens is 315 g/mol. The third-order valence-corrected chi connectivity index (χ3v) is 4.99. The zero-order valence-corrected chi connectivity index (χ0v) is 15.2. The molecule has 1 saturated heterocycles. The van der Waals surface area contributed by atoms with E-state index in [2.05, 4.69) is 41.0 Å². The Hall–Kier alpha value is -2.07. The predicted molar refractivity (Wildman–Crippen MR) is 102 cm³/mol. The van der Waals surface area contributed by atoms with Crippen molar-refractivity contribution in [2.24, 2.45) is 0 Å². The molecule has 25 heavy (non-hydrogen) atoms. The SMILES string of the molecule is CCN1CCN(c2cc(CCF)c(OC)c(-c3ccccc3)c2)CC1. The molecule has 1 aliphatic heterocycles. The van der Waals surface area contributed by atoms with Crippen molar-refractivity contribution in [2.75, 3.05) is 51.4 Å². The van der Waals surface area contributed by atoms with Gasteiger partial charge in [-0.3, -0.25) is 4.39 Å². The molecule has 1 aliphatic rings. The van der Waals surface area contributed by atoms with Crippen LogP contribution in [0, 0.1) is 0 Å². The molecule has 0 radical (unpaired) electrons. The number of rotatable bonds is 6. The normalized spacial score (nSPS) is 15.4. The van der Waals surface area contributed by atoms with E-state index in [1.807, 2.05) is 18.2 Å². The van der Waals surface area contributed by atoms with Crippen molar-refractivity contribution in [3.63, 3.8) is 0 Å². The number of anilines is 1. The minimum atomic E-state index is -0.377. The van der Waals surface area contributed by atoms with Crippen molar-refractivity contribution < 1.29 is 9.13 Å². The van der Waals surface area contributed by atoms with Crippen molar-refractivity contribution >= 4 is 5.69 Å². The summed E-state index contributed by atoms with van der Waals surface area (Å²) in [5, 5.41) is 0. The molecule has 0 bridgehead atoms. The fourth-order valence-electron chi connectivity index (χ4n) is 3.54. The maximum Gasteiger partial charge on any atom is 0.130 e. The molecule has 4 heteroatoms. The Morgan fingerprint density at radius 1 is 1.04 bits per heavy atom. The van der Waals surface area contributed by atoms with E-state index < -0.39 is 0 Å². The average molecular weight is 342 g/mol. The van der Waals surface area contributed by atoms with E-state index in [0.29, 0.717) is 6.42 Å². The fourth-order valence-corrected chi connectivity index (χ4v) is 3.54. The van der Waals surface area contributed by atoms with Gasteiger partial charge >= 0.3 is 0 Å². The van der Waals surface area contributed by atoms with E-state index in [1.165, 1.54) is 5.69 Å². The summed E-state index contributed by atoms with van der Waals surface area (Å²) in [6.07, 6.45) is 0.381. The Bertz CT molecular complexity index is 682. The highest BCUT2D eigenvalue weighted by Crippen LogP contribution is 2.37. The Balaban J connectivity index is 2.00. The van der Waals surface area contributed by atoms with Gasteiger partial charge in [0.05, 0.1) is 13.8 Å². The lowest BCUT2D eigenvalue weighted by molar-refractivity contribution is 0.271. The molecule has 3 nitrogen and oxygen atoms in total. The van der Waals surface area contributed by atoms with Gasteiger partial charge < -0.3 is 14.5 Å². The van der Waals surface area contributed by atoms with Crippen LogP contribution in [0.25, 0.3) is 11.1 Å². The second-order valence-electron chi connectivity index (χ2n) is 6.41. The first kappa shape index (κ1) is 17.7. The number of methoxy groups -OCH3 is 1. The predicted octanol–water partition coefficient (Wildman–Crippen LogP) is 4.02. The number of aryl methyl sites for hydroxylation is 1. The van der Waals surface area contributed by atoms with Gasteiger partial charge in [0.1, 0.15) is 5.75 Å². The Labute approximate surface area is 150 Å². The smallest absolute Gasteiger partial charge is 0.130 e. The second kappa shape index (κ2) is 8.34. The molecule has 3 rings (SSSR count). The van der Waals surface area contributed by atoms with Crippen molar-refractivity contribution in [3.8, 4) is 16.9 Å². The molecule has 0 N–H and O–H groups in total. The van der Waals surface area contributed by atoms with Gasteiger partial charge in [-0.1, -0.05) is 37.3 Å². The fraction of sp³-hybridized carbons (Fsp3) is 0.429. The number of nitrogens with zero attached hydrogens (tertiary/aromatic N) is 2. The summed E-state index contributed by atoms with van der Waals surface area (Å²) >= 11 is 0. The first-order valence-corrected chi connectivity index (χ1v) is 9.06. The highest BCUT2D eigenvalue weighted by molar-refractivity contribution is 5.77. The average Bonchev–Trinajstić information content (AvgIpc) is 2.68. The number of hydrogen-bond donors (Lipinski definition) is 0. The highest BCUT2D eigenvalue weighted by Gasteiger charge is 2.20. The number of piperazine rings is 1. The Morgan fingerprint density at radius 2 is 1.76 bits per heavy atom. The number of benzene rings is 2. The quantitative estimate of drug-likeness (QED) is 0.789. The molecule has 0 amide bonds. The van der Waals surface area contributed by atoms with Gasteiger partial charge in [0.25, 0.3) is 0 Å². The molecule has 0 atom stereocenters. The van der Waals surface area contributed by atoms with E-state index in [4.69, 9.17) is 4.74 Å². The first-order valence-electron chi connectivity index (χ1n) is 9.06. The number of hydrogen-bond acceptors (Lipinski definition) is 3. The lowest BCUT2D eigenvalue weighted by Gasteiger charge is -2.36. The zero-order valence-electron chi connectivity index (χ0n) is 15.2. The summed E-state index contributed by atoms with van der Waals surface area (Å²) in [5.41, 5.74) is 4.26. The number of halogens is 1. The molecule has 0 aromatic heterocycles. The van der Waals surface area contributed by atoms with Crippen molar-refractivity contribution in [1.29, 1.82) is 0 Å². The van der Waals surface area contributed by atoms with E-state index in [1.54, 1.807) is 7.11 Å². The minimum absolute atomic E-state index is 0.377. The van der Waals surface area contributed by atoms with Gasteiger partial charge in [0, 0.05) is 43.9 Å². The lowest BCUT2D eigenvalue weighted by Crippen LogP contribution is -2.46. The lowest BCUT2D eigenvalue weighted by atomic mass is 9.98. The van der Waals surface area contributed by atoms with Crippen LogP contribution >= 0.6 is 0 Å². The van der Waals surface area contributed by atoms with Crippen molar-refractivity contribution in [1.82, 2.24) is 4.90 Å². The number of ether oxygens (including phenoxy) is 1. The molecule has 0 saturated carbocycles. The minimum Gasteiger partial charge on any atom is -0.496 e. The molecular formula is C21H27FN2O. The van der Waals surface area contributed by atoms with E-state index >= 15 is 0 Å². The summed E-state index contributed by atoms with van der Waals surface area (Å²) in [6.45, 7) is 7.07. The van der Waals surface area contributed by atoms with E-state index in [-0.39, 0.29) is 6.67 Å². The van der Waals surface area contributed by atoms with Crippen molar-refractivity contribution in [2.45, 2.75) is 13.3 Å². The molecule has 2 aromatic carbocycles. The van der Waals surface area contributed by atoms with Crippen LogP contribution in [0.5, 0.6) is 5.75 Å². The van der Waals surface area contributed by atoms with Gasteiger partial charge in [-0.25, -0.2) is 0 Å². The van der Waals surface area contributed by atoms with Gasteiger partial charge in [0.15, 0.2) is 0 Å². The summed E-state index contributed by atoms with van der Waals surface area (Å²) in [7, 11) is 1.67. The van der Waals surface area contributed by atoms with Crippen LogP contribution < -0.4 is 9.64 Å². The van der Waals surface area contributed by atoms with Gasteiger partial charge in [-0.15, -0.1) is 0 Å². The molecule has 2 aromatic rings. The third kappa shape index (κ3) is 3.96. The monoisotopic (exact) mass is 342 g/mol. The summed E-state index contributed by atoms with van der Waals surface area (Å²) in [6, 6.07) is 14.5. The molecule has 134 valence electrons. The number of likely N-dealkylation sites (N-methyl/N-ethyl adjacent to an activating group) is 1. The largest absolute Gasteiger partial charge is 0.496 e. The summed E-state index contributed by atoms with van der Waals surface area (Å²) in [4.78, 5) is 4.86. The van der Waals surface area contributed by atoms with Crippen LogP contribution in [-0.4, -0.2) is 51.4 Å². The molecule has 0 spiro atoms.